The van der Waals surface area contributed by atoms with Gasteiger partial charge in [0.2, 0.25) is 21.8 Å². The van der Waals surface area contributed by atoms with Gasteiger partial charge in [0.25, 0.3) is 0 Å². The van der Waals surface area contributed by atoms with Gasteiger partial charge in [0.1, 0.15) is 6.04 Å². The largest absolute Gasteiger partial charge is 0.375 e. The lowest BCUT2D eigenvalue weighted by molar-refractivity contribution is -0.124. The van der Waals surface area contributed by atoms with Gasteiger partial charge >= 0.3 is 0 Å². The summed E-state index contributed by atoms with van der Waals surface area (Å²) >= 11 is 0. The first-order valence-corrected chi connectivity index (χ1v) is 15.6. The van der Waals surface area contributed by atoms with Gasteiger partial charge in [0.05, 0.1) is 19.0 Å². The highest BCUT2D eigenvalue weighted by Gasteiger charge is 2.25. The predicted molar refractivity (Wildman–Crippen MR) is 161 cm³/mol. The third-order valence-electron chi connectivity index (χ3n) is 6.85. The van der Waals surface area contributed by atoms with Crippen LogP contribution in [0.25, 0.3) is 22.5 Å². The highest BCUT2D eigenvalue weighted by atomic mass is 32.2. The van der Waals surface area contributed by atoms with Gasteiger partial charge in [0.15, 0.2) is 0 Å². The third-order valence-corrected chi connectivity index (χ3v) is 8.21. The molecule has 0 fully saturated rings. The number of carbonyl (C=O) groups excluding carboxylic acids is 1. The number of ether oxygens (including phenoxy) is 1. The molecule has 0 aliphatic heterocycles. The van der Waals surface area contributed by atoms with Crippen LogP contribution >= 0.6 is 0 Å². The lowest BCUT2D eigenvalue weighted by Crippen LogP contribution is -2.50. The molecule has 0 radical (unpaired) electrons. The minimum atomic E-state index is -3.73. The van der Waals surface area contributed by atoms with Crippen LogP contribution in [0.2, 0.25) is 0 Å². The van der Waals surface area contributed by atoms with E-state index in [1.54, 1.807) is 0 Å². The van der Waals surface area contributed by atoms with E-state index in [0.717, 1.165) is 40.9 Å². The van der Waals surface area contributed by atoms with Crippen molar-refractivity contribution in [3.05, 3.63) is 90.0 Å². The van der Waals surface area contributed by atoms with Gasteiger partial charge < -0.3 is 15.0 Å². The second-order valence-corrected chi connectivity index (χ2v) is 11.6. The number of carbonyl (C=O) groups is 1. The predicted octanol–water partition coefficient (Wildman–Crippen LogP) is 3.00. The Balaban J connectivity index is 1.40. The summed E-state index contributed by atoms with van der Waals surface area (Å²) < 4.78 is 34.1. The zero-order chi connectivity index (χ0) is 29.8. The van der Waals surface area contributed by atoms with Crippen molar-refractivity contribution in [3.63, 3.8) is 0 Å². The highest BCUT2D eigenvalue weighted by molar-refractivity contribution is 7.89. The summed E-state index contributed by atoms with van der Waals surface area (Å²) in [6.45, 7) is 6.23. The fraction of sp³-hybridized carbons (Fsp3) is 0.333. The number of amides is 1. The van der Waals surface area contributed by atoms with Crippen LogP contribution in [0.5, 0.6) is 0 Å². The SMILES string of the molecule is CCN(CC)CCS(=O)(=O)NC(COCc1ccccc1)C(=O)NCc1ccc(-c2ccccc2-c2nn[nH]n2)cc1. The third kappa shape index (κ3) is 9.02. The topological polar surface area (TPSA) is 142 Å². The Labute approximate surface area is 246 Å². The van der Waals surface area contributed by atoms with E-state index in [0.29, 0.717) is 12.4 Å². The van der Waals surface area contributed by atoms with Crippen molar-refractivity contribution in [2.45, 2.75) is 33.0 Å². The summed E-state index contributed by atoms with van der Waals surface area (Å²) in [7, 11) is -3.73. The standard InChI is InChI=1S/C30H37N7O4S/c1-3-37(4-2)18-19-42(39,40)34-28(22-41-21-24-10-6-5-7-11-24)30(38)31-20-23-14-16-25(17-15-23)26-12-8-9-13-27(26)29-32-35-36-33-29/h5-17,28,34H,3-4,18-22H2,1-2H3,(H,31,38)(H,32,33,35,36). The average molecular weight is 592 g/mol. The number of benzene rings is 3. The van der Waals surface area contributed by atoms with Crippen molar-refractivity contribution >= 4 is 15.9 Å². The molecule has 12 heteroatoms. The van der Waals surface area contributed by atoms with Crippen molar-refractivity contribution in [1.29, 1.82) is 0 Å². The van der Waals surface area contributed by atoms with E-state index in [-0.39, 0.29) is 25.5 Å². The Morgan fingerprint density at radius 1 is 0.929 bits per heavy atom. The Hall–Kier alpha value is -3.97. The van der Waals surface area contributed by atoms with E-state index in [1.807, 2.05) is 97.6 Å². The Kier molecular flexibility index (Phi) is 11.3. The molecule has 222 valence electrons. The maximum atomic E-state index is 13.2. The van der Waals surface area contributed by atoms with E-state index in [1.165, 1.54) is 0 Å². The number of rotatable bonds is 16. The Morgan fingerprint density at radius 3 is 2.29 bits per heavy atom. The van der Waals surface area contributed by atoms with E-state index >= 15 is 0 Å². The smallest absolute Gasteiger partial charge is 0.240 e. The monoisotopic (exact) mass is 591 g/mol. The minimum Gasteiger partial charge on any atom is -0.375 e. The van der Waals surface area contributed by atoms with Gasteiger partial charge in [-0.3, -0.25) is 4.79 Å². The van der Waals surface area contributed by atoms with E-state index in [4.69, 9.17) is 4.74 Å². The van der Waals surface area contributed by atoms with Crippen LogP contribution in [0.3, 0.4) is 0 Å². The summed E-state index contributed by atoms with van der Waals surface area (Å²) in [5, 5.41) is 17.2. The van der Waals surface area contributed by atoms with Gasteiger partial charge in [-0.1, -0.05) is 92.7 Å². The minimum absolute atomic E-state index is 0.100. The molecule has 3 aromatic carbocycles. The summed E-state index contributed by atoms with van der Waals surface area (Å²) in [4.78, 5) is 15.2. The number of H-pyrrole nitrogens is 1. The second-order valence-electron chi connectivity index (χ2n) is 9.71. The van der Waals surface area contributed by atoms with Crippen LogP contribution in [0.1, 0.15) is 25.0 Å². The first-order chi connectivity index (χ1) is 20.4. The highest BCUT2D eigenvalue weighted by Crippen LogP contribution is 2.29. The molecule has 42 heavy (non-hydrogen) atoms. The summed E-state index contributed by atoms with van der Waals surface area (Å²) in [5.41, 5.74) is 4.54. The molecule has 0 spiro atoms. The van der Waals surface area contributed by atoms with Gasteiger partial charge in [-0.05, 0) is 40.6 Å². The summed E-state index contributed by atoms with van der Waals surface area (Å²) in [6, 6.07) is 23.9. The Morgan fingerprint density at radius 2 is 1.62 bits per heavy atom. The van der Waals surface area contributed by atoms with Crippen molar-refractivity contribution in [1.82, 2.24) is 35.6 Å². The molecule has 1 amide bonds. The molecule has 0 saturated heterocycles. The van der Waals surface area contributed by atoms with E-state index < -0.39 is 22.0 Å². The lowest BCUT2D eigenvalue weighted by Gasteiger charge is -2.21. The number of aromatic amines is 1. The molecule has 1 heterocycles. The molecular weight excluding hydrogens is 554 g/mol. The quantitative estimate of drug-likeness (QED) is 0.181. The van der Waals surface area contributed by atoms with Gasteiger partial charge in [-0.25, -0.2) is 13.1 Å². The summed E-state index contributed by atoms with van der Waals surface area (Å²) in [6.07, 6.45) is 0. The van der Waals surface area contributed by atoms with Crippen molar-refractivity contribution < 1.29 is 17.9 Å². The number of nitrogens with one attached hydrogen (secondary N) is 3. The number of tetrazole rings is 1. The second kappa shape index (κ2) is 15.3. The van der Waals surface area contributed by atoms with Crippen molar-refractivity contribution in [2.75, 3.05) is 32.0 Å². The summed E-state index contributed by atoms with van der Waals surface area (Å²) in [5.74, 6) is -0.0627. The van der Waals surface area contributed by atoms with Crippen molar-refractivity contribution in [3.8, 4) is 22.5 Å². The zero-order valence-electron chi connectivity index (χ0n) is 23.9. The molecule has 1 atom stereocenters. The molecule has 4 aromatic rings. The van der Waals surface area contributed by atoms with Crippen LogP contribution in [-0.2, 0) is 32.7 Å². The maximum absolute atomic E-state index is 13.2. The fourth-order valence-electron chi connectivity index (χ4n) is 4.42. The Bertz CT molecular complexity index is 1490. The number of hydrogen-bond acceptors (Lipinski definition) is 8. The number of sulfonamides is 1. The fourth-order valence-corrected chi connectivity index (χ4v) is 5.64. The van der Waals surface area contributed by atoms with Crippen LogP contribution in [0.15, 0.2) is 78.9 Å². The molecule has 0 aliphatic carbocycles. The number of aromatic nitrogens is 4. The van der Waals surface area contributed by atoms with E-state index in [9.17, 15) is 13.2 Å². The zero-order valence-corrected chi connectivity index (χ0v) is 24.7. The average Bonchev–Trinajstić information content (AvgIpc) is 3.56. The number of nitrogens with zero attached hydrogens (tertiary/aromatic N) is 4. The molecule has 3 N–H and O–H groups in total. The van der Waals surface area contributed by atoms with Gasteiger partial charge in [-0.2, -0.15) is 5.21 Å². The molecule has 0 aliphatic rings. The lowest BCUT2D eigenvalue weighted by atomic mass is 9.98. The van der Waals surface area contributed by atoms with Gasteiger partial charge in [-0.15, -0.1) is 10.2 Å². The van der Waals surface area contributed by atoms with Crippen LogP contribution in [0, 0.1) is 0 Å². The molecular formula is C30H37N7O4S. The molecule has 0 bridgehead atoms. The van der Waals surface area contributed by atoms with Gasteiger partial charge in [0, 0.05) is 18.7 Å². The van der Waals surface area contributed by atoms with Crippen LogP contribution < -0.4 is 10.0 Å². The first-order valence-electron chi connectivity index (χ1n) is 13.9. The maximum Gasteiger partial charge on any atom is 0.240 e. The molecule has 1 unspecified atom stereocenters. The first kappa shape index (κ1) is 31.0. The molecule has 11 nitrogen and oxygen atoms in total. The number of hydrogen-bond donors (Lipinski definition) is 3. The molecule has 1 aromatic heterocycles. The van der Waals surface area contributed by atoms with Crippen LogP contribution in [0.4, 0.5) is 0 Å². The van der Waals surface area contributed by atoms with Crippen molar-refractivity contribution in [2.24, 2.45) is 0 Å². The molecule has 4 rings (SSSR count). The normalized spacial score (nSPS) is 12.4. The van der Waals surface area contributed by atoms with E-state index in [2.05, 4.69) is 30.7 Å². The van der Waals surface area contributed by atoms with Crippen LogP contribution in [-0.4, -0.2) is 77.9 Å². The molecule has 0 saturated carbocycles.